The number of carbonyl (C=O) groups is 1. The van der Waals surface area contributed by atoms with Crippen molar-refractivity contribution in [2.75, 3.05) is 0 Å². The Morgan fingerprint density at radius 1 is 1.42 bits per heavy atom. The first-order chi connectivity index (χ1) is 5.83. The lowest BCUT2D eigenvalue weighted by molar-refractivity contribution is -0.113. The van der Waals surface area contributed by atoms with E-state index >= 15 is 0 Å². The first-order valence-electron chi connectivity index (χ1n) is 4.48. The quantitative estimate of drug-likeness (QED) is 0.450. The van der Waals surface area contributed by atoms with Crippen molar-refractivity contribution in [1.29, 1.82) is 0 Å². The van der Waals surface area contributed by atoms with Crippen LogP contribution in [-0.2, 0) is 4.79 Å². The monoisotopic (exact) mass is 162 g/mol. The van der Waals surface area contributed by atoms with Crippen molar-refractivity contribution >= 4 is 5.78 Å². The first-order valence-corrected chi connectivity index (χ1v) is 4.48. The Morgan fingerprint density at radius 3 is 2.67 bits per heavy atom. The van der Waals surface area contributed by atoms with E-state index in [0.29, 0.717) is 0 Å². The molecule has 0 N–H and O–H groups in total. The van der Waals surface area contributed by atoms with E-state index in [9.17, 15) is 4.79 Å². The highest BCUT2D eigenvalue weighted by atomic mass is 16.1. The molecular weight excluding hydrogens is 148 g/mol. The molecule has 1 aliphatic rings. The van der Waals surface area contributed by atoms with Crippen molar-refractivity contribution < 1.29 is 4.79 Å². The Bertz CT molecular complexity index is 222. The zero-order valence-electron chi connectivity index (χ0n) is 7.31. The highest BCUT2D eigenvalue weighted by Gasteiger charge is 2.06. The van der Waals surface area contributed by atoms with Crippen LogP contribution in [0.1, 0.15) is 38.5 Å². The fourth-order valence-corrected chi connectivity index (χ4v) is 1.53. The van der Waals surface area contributed by atoms with E-state index in [4.69, 9.17) is 6.42 Å². The number of carbonyl (C=O) groups excluding carboxylic acids is 1. The topological polar surface area (TPSA) is 17.1 Å². The molecule has 1 saturated carbocycles. The maximum atomic E-state index is 11.1. The molecule has 64 valence electrons. The fourth-order valence-electron chi connectivity index (χ4n) is 1.53. The number of rotatable bonds is 2. The molecule has 1 fully saturated rings. The Labute approximate surface area is 73.9 Å². The van der Waals surface area contributed by atoms with Crippen molar-refractivity contribution in [3.8, 4) is 12.3 Å². The van der Waals surface area contributed by atoms with Crippen LogP contribution in [0.3, 0.4) is 0 Å². The standard InChI is InChI=1S/C11H14O/c1-2-6-11(12)9-10-7-4-3-5-8-10/h1,9H,3-8H2. The molecule has 0 atom stereocenters. The van der Waals surface area contributed by atoms with Gasteiger partial charge in [0, 0.05) is 0 Å². The van der Waals surface area contributed by atoms with Crippen molar-refractivity contribution in [3.63, 3.8) is 0 Å². The van der Waals surface area contributed by atoms with Crippen LogP contribution < -0.4 is 0 Å². The van der Waals surface area contributed by atoms with E-state index in [1.807, 2.05) is 0 Å². The molecule has 0 amide bonds. The van der Waals surface area contributed by atoms with Gasteiger partial charge in [0.1, 0.15) is 0 Å². The molecule has 1 heteroatoms. The van der Waals surface area contributed by atoms with Crippen LogP contribution in [0.25, 0.3) is 0 Å². The normalized spacial score (nSPS) is 16.8. The third kappa shape index (κ3) is 2.92. The van der Waals surface area contributed by atoms with Gasteiger partial charge in [0.05, 0.1) is 6.42 Å². The number of hydrogen-bond donors (Lipinski definition) is 0. The summed E-state index contributed by atoms with van der Waals surface area (Å²) in [6.45, 7) is 0. The second-order valence-electron chi connectivity index (χ2n) is 3.21. The van der Waals surface area contributed by atoms with E-state index in [1.54, 1.807) is 6.08 Å². The highest BCUT2D eigenvalue weighted by Crippen LogP contribution is 2.22. The molecule has 1 nitrogen and oxygen atoms in total. The summed E-state index contributed by atoms with van der Waals surface area (Å²) in [5, 5.41) is 0. The summed E-state index contributed by atoms with van der Waals surface area (Å²) in [6, 6.07) is 0. The van der Waals surface area contributed by atoms with Crippen LogP contribution in [0.4, 0.5) is 0 Å². The molecule has 0 aromatic heterocycles. The number of hydrogen-bond acceptors (Lipinski definition) is 1. The summed E-state index contributed by atoms with van der Waals surface area (Å²) in [6.07, 6.45) is 13.0. The summed E-state index contributed by atoms with van der Waals surface area (Å²) in [5.41, 5.74) is 1.29. The van der Waals surface area contributed by atoms with Crippen LogP contribution in [0, 0.1) is 12.3 Å². The molecule has 0 heterocycles. The van der Waals surface area contributed by atoms with Gasteiger partial charge in [-0.15, -0.1) is 6.42 Å². The summed E-state index contributed by atoms with van der Waals surface area (Å²) >= 11 is 0. The van der Waals surface area contributed by atoms with Crippen LogP contribution in [-0.4, -0.2) is 5.78 Å². The third-order valence-corrected chi connectivity index (χ3v) is 2.14. The molecule has 1 rings (SSSR count). The Hall–Kier alpha value is -1.03. The Kier molecular flexibility index (Phi) is 3.60. The Balaban J connectivity index is 2.44. The molecule has 0 unspecified atom stereocenters. The Morgan fingerprint density at radius 2 is 2.08 bits per heavy atom. The summed E-state index contributed by atoms with van der Waals surface area (Å²) in [7, 11) is 0. The molecule has 0 aromatic rings. The molecule has 12 heavy (non-hydrogen) atoms. The average Bonchev–Trinajstić information content (AvgIpc) is 2.06. The molecule has 0 saturated heterocycles. The van der Waals surface area contributed by atoms with Gasteiger partial charge in [-0.05, 0) is 31.8 Å². The minimum Gasteiger partial charge on any atom is -0.294 e. The molecule has 0 aliphatic heterocycles. The van der Waals surface area contributed by atoms with Crippen LogP contribution in [0.5, 0.6) is 0 Å². The second kappa shape index (κ2) is 4.77. The average molecular weight is 162 g/mol. The minimum atomic E-state index is 0.0920. The molecule has 0 aromatic carbocycles. The van der Waals surface area contributed by atoms with Gasteiger partial charge in [0.25, 0.3) is 0 Å². The number of allylic oxidation sites excluding steroid dienone is 2. The zero-order chi connectivity index (χ0) is 8.81. The van der Waals surface area contributed by atoms with Crippen LogP contribution in [0.15, 0.2) is 11.6 Å². The maximum Gasteiger partial charge on any atom is 0.167 e. The lowest BCUT2D eigenvalue weighted by Gasteiger charge is -2.12. The predicted molar refractivity (Wildman–Crippen MR) is 49.6 cm³/mol. The smallest absolute Gasteiger partial charge is 0.167 e. The van der Waals surface area contributed by atoms with E-state index in [-0.39, 0.29) is 12.2 Å². The van der Waals surface area contributed by atoms with E-state index in [0.717, 1.165) is 12.8 Å². The van der Waals surface area contributed by atoms with Crippen molar-refractivity contribution in [2.45, 2.75) is 38.5 Å². The maximum absolute atomic E-state index is 11.1. The first kappa shape index (κ1) is 9.06. The zero-order valence-corrected chi connectivity index (χ0v) is 7.31. The lowest BCUT2D eigenvalue weighted by Crippen LogP contribution is -1.98. The minimum absolute atomic E-state index is 0.0920. The van der Waals surface area contributed by atoms with Gasteiger partial charge in [-0.3, -0.25) is 4.79 Å². The van der Waals surface area contributed by atoms with Crippen LogP contribution in [0.2, 0.25) is 0 Å². The van der Waals surface area contributed by atoms with E-state index in [2.05, 4.69) is 5.92 Å². The summed E-state index contributed by atoms with van der Waals surface area (Å²) in [4.78, 5) is 11.1. The van der Waals surface area contributed by atoms with Gasteiger partial charge < -0.3 is 0 Å². The van der Waals surface area contributed by atoms with Gasteiger partial charge in [-0.2, -0.15) is 0 Å². The fraction of sp³-hybridized carbons (Fsp3) is 0.545. The number of terminal acetylenes is 1. The SMILES string of the molecule is C#CCC(=O)C=C1CCCCC1. The molecule has 0 bridgehead atoms. The predicted octanol–water partition coefficient (Wildman–Crippen LogP) is 2.47. The van der Waals surface area contributed by atoms with Crippen LogP contribution >= 0.6 is 0 Å². The largest absolute Gasteiger partial charge is 0.294 e. The third-order valence-electron chi connectivity index (χ3n) is 2.14. The highest BCUT2D eigenvalue weighted by molar-refractivity contribution is 5.91. The molecule has 1 aliphatic carbocycles. The lowest BCUT2D eigenvalue weighted by atomic mass is 9.94. The van der Waals surface area contributed by atoms with Crippen molar-refractivity contribution in [2.24, 2.45) is 0 Å². The second-order valence-corrected chi connectivity index (χ2v) is 3.21. The van der Waals surface area contributed by atoms with Gasteiger partial charge in [0.15, 0.2) is 5.78 Å². The molecular formula is C11H14O. The van der Waals surface area contributed by atoms with Gasteiger partial charge in [-0.1, -0.05) is 17.9 Å². The van der Waals surface area contributed by atoms with Crippen molar-refractivity contribution in [3.05, 3.63) is 11.6 Å². The van der Waals surface area contributed by atoms with Crippen molar-refractivity contribution in [1.82, 2.24) is 0 Å². The van der Waals surface area contributed by atoms with E-state index in [1.165, 1.54) is 24.8 Å². The summed E-state index contributed by atoms with van der Waals surface area (Å²) in [5.74, 6) is 2.45. The van der Waals surface area contributed by atoms with E-state index < -0.39 is 0 Å². The number of ketones is 1. The van der Waals surface area contributed by atoms with Gasteiger partial charge in [0.2, 0.25) is 0 Å². The van der Waals surface area contributed by atoms with Gasteiger partial charge >= 0.3 is 0 Å². The van der Waals surface area contributed by atoms with Gasteiger partial charge in [-0.25, -0.2) is 0 Å². The summed E-state index contributed by atoms with van der Waals surface area (Å²) < 4.78 is 0. The molecule has 0 spiro atoms. The molecule has 0 radical (unpaired) electrons.